The number of hydrogen-bond donors (Lipinski definition) is 1. The molecule has 0 saturated heterocycles. The van der Waals surface area contributed by atoms with Crippen LogP contribution >= 0.6 is 0 Å². The number of carbonyl (C=O) groups is 1. The number of H-pyrrole nitrogens is 1. The molecule has 1 aromatic carbocycles. The Kier molecular flexibility index (Phi) is 3.18. The van der Waals surface area contributed by atoms with E-state index in [9.17, 15) is 4.79 Å². The van der Waals surface area contributed by atoms with E-state index in [1.54, 1.807) is 0 Å². The molecular weight excluding hydrogens is 208 g/mol. The molecule has 0 amide bonds. The molecule has 0 aliphatic carbocycles. The third-order valence-corrected chi connectivity index (χ3v) is 1.87. The highest BCUT2D eigenvalue weighted by molar-refractivity contribution is 5.62. The summed E-state index contributed by atoms with van der Waals surface area (Å²) in [7, 11) is 0. The van der Waals surface area contributed by atoms with Crippen molar-refractivity contribution in [1.29, 1.82) is 0 Å². The summed E-state index contributed by atoms with van der Waals surface area (Å²) >= 11 is 0. The summed E-state index contributed by atoms with van der Waals surface area (Å²) in [5.74, 6) is 0.262. The lowest BCUT2D eigenvalue weighted by Gasteiger charge is -2.03. The second-order valence-corrected chi connectivity index (χ2v) is 3.05. The molecule has 5 nitrogen and oxygen atoms in total. The molecule has 0 aliphatic heterocycles. The molecule has 0 aliphatic rings. The Balaban J connectivity index is 1.80. The Labute approximate surface area is 92.0 Å². The summed E-state index contributed by atoms with van der Waals surface area (Å²) in [6.45, 7) is 0.188. The quantitative estimate of drug-likeness (QED) is 0.801. The van der Waals surface area contributed by atoms with Gasteiger partial charge in [0.2, 0.25) is 5.88 Å². The van der Waals surface area contributed by atoms with E-state index in [4.69, 9.17) is 9.47 Å². The number of aromatic amines is 1. The van der Waals surface area contributed by atoms with Gasteiger partial charge in [-0.15, -0.1) is 0 Å². The third-order valence-electron chi connectivity index (χ3n) is 1.87. The number of hydrogen-bond acceptors (Lipinski definition) is 4. The van der Waals surface area contributed by atoms with E-state index in [0.29, 0.717) is 0 Å². The van der Waals surface area contributed by atoms with Gasteiger partial charge < -0.3 is 9.47 Å². The Morgan fingerprint density at radius 3 is 2.75 bits per heavy atom. The first-order valence-electron chi connectivity index (χ1n) is 4.72. The van der Waals surface area contributed by atoms with E-state index in [0.717, 1.165) is 5.56 Å². The second-order valence-electron chi connectivity index (χ2n) is 3.05. The van der Waals surface area contributed by atoms with Crippen LogP contribution in [0.1, 0.15) is 5.56 Å². The molecule has 0 atom stereocenters. The van der Waals surface area contributed by atoms with Gasteiger partial charge in [0.05, 0.1) is 6.20 Å². The molecule has 0 fully saturated rings. The molecule has 0 saturated carbocycles. The van der Waals surface area contributed by atoms with Crippen LogP contribution in [0.15, 0.2) is 42.6 Å². The second kappa shape index (κ2) is 4.97. The minimum Gasteiger partial charge on any atom is -0.429 e. The van der Waals surface area contributed by atoms with Crippen molar-refractivity contribution in [2.24, 2.45) is 0 Å². The molecule has 0 radical (unpaired) electrons. The number of nitrogens with one attached hydrogen (secondary N) is 1. The first-order chi connectivity index (χ1) is 7.84. The zero-order valence-corrected chi connectivity index (χ0v) is 8.42. The van der Waals surface area contributed by atoms with Crippen molar-refractivity contribution in [3.8, 4) is 5.88 Å². The number of carbonyl (C=O) groups excluding carboxylic acids is 1. The van der Waals surface area contributed by atoms with Gasteiger partial charge in [0, 0.05) is 6.07 Å². The first-order valence-corrected chi connectivity index (χ1v) is 4.72. The zero-order valence-electron chi connectivity index (χ0n) is 8.42. The maximum absolute atomic E-state index is 11.2. The minimum absolute atomic E-state index is 0.188. The maximum atomic E-state index is 11.2. The van der Waals surface area contributed by atoms with Crippen molar-refractivity contribution >= 4 is 6.16 Å². The number of ether oxygens (including phenoxy) is 2. The van der Waals surface area contributed by atoms with Crippen LogP contribution in [0.2, 0.25) is 0 Å². The average Bonchev–Trinajstić information content (AvgIpc) is 2.81. The predicted octanol–water partition coefficient (Wildman–Crippen LogP) is 2.13. The lowest BCUT2D eigenvalue weighted by Crippen LogP contribution is -2.10. The van der Waals surface area contributed by atoms with Gasteiger partial charge in [-0.05, 0) is 5.56 Å². The molecule has 16 heavy (non-hydrogen) atoms. The zero-order chi connectivity index (χ0) is 11.2. The van der Waals surface area contributed by atoms with Crippen molar-refractivity contribution in [2.45, 2.75) is 6.61 Å². The van der Waals surface area contributed by atoms with Gasteiger partial charge in [-0.25, -0.2) is 9.89 Å². The van der Waals surface area contributed by atoms with Gasteiger partial charge in [-0.2, -0.15) is 5.10 Å². The summed E-state index contributed by atoms with van der Waals surface area (Å²) in [6.07, 6.45) is 0.730. The fourth-order valence-corrected chi connectivity index (χ4v) is 1.14. The molecule has 1 N–H and O–H groups in total. The van der Waals surface area contributed by atoms with Crippen molar-refractivity contribution in [2.75, 3.05) is 0 Å². The summed E-state index contributed by atoms with van der Waals surface area (Å²) in [6, 6.07) is 10.9. The van der Waals surface area contributed by atoms with Crippen molar-refractivity contribution < 1.29 is 14.3 Å². The summed E-state index contributed by atoms with van der Waals surface area (Å²) in [4.78, 5) is 11.2. The van der Waals surface area contributed by atoms with E-state index < -0.39 is 6.16 Å². The van der Waals surface area contributed by atoms with Crippen LogP contribution in [-0.2, 0) is 11.3 Å². The fourth-order valence-electron chi connectivity index (χ4n) is 1.14. The van der Waals surface area contributed by atoms with E-state index in [1.807, 2.05) is 30.3 Å². The molecule has 82 valence electrons. The standard InChI is InChI=1S/C11H10N2O3/c14-11(16-10-6-7-12-13-10)15-8-9-4-2-1-3-5-9/h1-7H,8H2,(H,12,13). The normalized spacial score (nSPS) is 9.75. The van der Waals surface area contributed by atoms with Crippen molar-refractivity contribution in [3.63, 3.8) is 0 Å². The summed E-state index contributed by atoms with van der Waals surface area (Å²) < 4.78 is 9.69. The molecule has 2 rings (SSSR count). The van der Waals surface area contributed by atoms with E-state index in [-0.39, 0.29) is 12.5 Å². The first kappa shape index (κ1) is 10.2. The maximum Gasteiger partial charge on any atom is 0.515 e. The summed E-state index contributed by atoms with van der Waals surface area (Å²) in [5.41, 5.74) is 0.907. The van der Waals surface area contributed by atoms with E-state index in [2.05, 4.69) is 10.2 Å². The molecule has 0 unspecified atom stereocenters. The van der Waals surface area contributed by atoms with Crippen LogP contribution in [0.3, 0.4) is 0 Å². The third kappa shape index (κ3) is 2.84. The molecule has 0 spiro atoms. The van der Waals surface area contributed by atoms with Crippen LogP contribution in [0.4, 0.5) is 4.79 Å². The van der Waals surface area contributed by atoms with Crippen LogP contribution in [0.5, 0.6) is 5.88 Å². The number of benzene rings is 1. The Morgan fingerprint density at radius 2 is 2.06 bits per heavy atom. The number of nitrogens with zero attached hydrogens (tertiary/aromatic N) is 1. The van der Waals surface area contributed by atoms with Crippen LogP contribution in [0, 0.1) is 0 Å². The van der Waals surface area contributed by atoms with E-state index >= 15 is 0 Å². The monoisotopic (exact) mass is 218 g/mol. The van der Waals surface area contributed by atoms with Gasteiger partial charge in [-0.3, -0.25) is 0 Å². The van der Waals surface area contributed by atoms with Gasteiger partial charge in [0.25, 0.3) is 0 Å². The van der Waals surface area contributed by atoms with Crippen molar-refractivity contribution in [1.82, 2.24) is 10.2 Å². The lowest BCUT2D eigenvalue weighted by molar-refractivity contribution is 0.0912. The van der Waals surface area contributed by atoms with Gasteiger partial charge in [-0.1, -0.05) is 30.3 Å². The van der Waals surface area contributed by atoms with Crippen molar-refractivity contribution in [3.05, 3.63) is 48.2 Å². The molecule has 0 bridgehead atoms. The van der Waals surface area contributed by atoms with Crippen LogP contribution < -0.4 is 4.74 Å². The van der Waals surface area contributed by atoms with Crippen LogP contribution in [0.25, 0.3) is 0 Å². The average molecular weight is 218 g/mol. The van der Waals surface area contributed by atoms with Gasteiger partial charge in [0.15, 0.2) is 0 Å². The van der Waals surface area contributed by atoms with Gasteiger partial charge >= 0.3 is 6.16 Å². The highest BCUT2D eigenvalue weighted by atomic mass is 16.7. The molecule has 2 aromatic rings. The Bertz CT molecular complexity index is 440. The van der Waals surface area contributed by atoms with Crippen LogP contribution in [-0.4, -0.2) is 16.4 Å². The molecule has 5 heteroatoms. The van der Waals surface area contributed by atoms with E-state index in [1.165, 1.54) is 12.3 Å². The molecular formula is C11H10N2O3. The largest absolute Gasteiger partial charge is 0.515 e. The molecule has 1 heterocycles. The SMILES string of the molecule is O=C(OCc1ccccc1)Oc1ccn[nH]1. The van der Waals surface area contributed by atoms with Gasteiger partial charge in [0.1, 0.15) is 6.61 Å². The number of aromatic nitrogens is 2. The molecule has 1 aromatic heterocycles. The fraction of sp³-hybridized carbons (Fsp3) is 0.0909. The Morgan fingerprint density at radius 1 is 1.25 bits per heavy atom. The smallest absolute Gasteiger partial charge is 0.429 e. The lowest BCUT2D eigenvalue weighted by atomic mass is 10.2. The minimum atomic E-state index is -0.756. The highest BCUT2D eigenvalue weighted by Gasteiger charge is 2.06. The highest BCUT2D eigenvalue weighted by Crippen LogP contribution is 2.05. The summed E-state index contributed by atoms with van der Waals surface area (Å²) in [5, 5.41) is 6.13. The predicted molar refractivity (Wildman–Crippen MR) is 55.8 cm³/mol. The number of rotatable bonds is 3. The Hall–Kier alpha value is -2.30. The topological polar surface area (TPSA) is 64.2 Å².